The van der Waals surface area contributed by atoms with Crippen LogP contribution >= 0.6 is 0 Å². The van der Waals surface area contributed by atoms with Crippen molar-refractivity contribution >= 4 is 17.7 Å². The lowest BCUT2D eigenvalue weighted by atomic mass is 10.1. The molecule has 1 aromatic carbocycles. The van der Waals surface area contributed by atoms with Crippen LogP contribution in [0.4, 0.5) is 23.7 Å². The zero-order chi connectivity index (χ0) is 15.3. The van der Waals surface area contributed by atoms with Gasteiger partial charge >= 0.3 is 18.2 Å². The van der Waals surface area contributed by atoms with E-state index in [1.54, 1.807) is 6.92 Å². The van der Waals surface area contributed by atoms with Crippen LogP contribution in [0.25, 0.3) is 0 Å². The first kappa shape index (κ1) is 15.8. The second-order valence-electron chi connectivity index (χ2n) is 3.84. The molecular weight excluding hydrogens is 279 g/mol. The summed E-state index contributed by atoms with van der Waals surface area (Å²) < 4.78 is 44.1. The van der Waals surface area contributed by atoms with Crippen molar-refractivity contribution < 1.29 is 32.2 Å². The van der Waals surface area contributed by atoms with E-state index in [-0.39, 0.29) is 11.3 Å². The Balaban J connectivity index is 2.69. The number of carbonyl (C=O) groups excluding carboxylic acids is 2. The van der Waals surface area contributed by atoms with E-state index in [0.29, 0.717) is 5.56 Å². The molecule has 8 heteroatoms. The van der Waals surface area contributed by atoms with Crippen molar-refractivity contribution in [1.29, 1.82) is 0 Å². The van der Waals surface area contributed by atoms with E-state index in [2.05, 4.69) is 14.8 Å². The number of halogens is 3. The van der Waals surface area contributed by atoms with Gasteiger partial charge in [-0.25, -0.2) is 9.59 Å². The monoisotopic (exact) mass is 291 g/mol. The second kappa shape index (κ2) is 6.27. The third-order valence-corrected chi connectivity index (χ3v) is 2.25. The lowest BCUT2D eigenvalue weighted by Gasteiger charge is -2.11. The highest BCUT2D eigenvalue weighted by Crippen LogP contribution is 2.18. The number of methoxy groups -OCH3 is 1. The van der Waals surface area contributed by atoms with E-state index in [1.165, 1.54) is 25.3 Å². The highest BCUT2D eigenvalue weighted by atomic mass is 19.4. The summed E-state index contributed by atoms with van der Waals surface area (Å²) in [7, 11) is 1.22. The fourth-order valence-corrected chi connectivity index (χ4v) is 1.34. The van der Waals surface area contributed by atoms with Crippen LogP contribution in [-0.4, -0.2) is 32.0 Å². The highest BCUT2D eigenvalue weighted by Gasteiger charge is 2.29. The minimum absolute atomic E-state index is 0.241. The fourth-order valence-electron chi connectivity index (χ4n) is 1.34. The minimum Gasteiger partial charge on any atom is -0.465 e. The topological polar surface area (TPSA) is 64.6 Å². The molecule has 0 spiro atoms. The summed E-state index contributed by atoms with van der Waals surface area (Å²) in [5.74, 6) is -0.556. The number of rotatable bonds is 3. The van der Waals surface area contributed by atoms with E-state index in [9.17, 15) is 22.8 Å². The fraction of sp³-hybridized carbons (Fsp3) is 0.333. The summed E-state index contributed by atoms with van der Waals surface area (Å²) in [5, 5.41) is 2.15. The van der Waals surface area contributed by atoms with Gasteiger partial charge in [0, 0.05) is 5.69 Å². The molecule has 0 aromatic heterocycles. The van der Waals surface area contributed by atoms with Gasteiger partial charge in [0.25, 0.3) is 0 Å². The first-order chi connectivity index (χ1) is 9.23. The molecule has 0 fully saturated rings. The first-order valence-electron chi connectivity index (χ1n) is 5.42. The molecule has 0 atom stereocenters. The summed E-state index contributed by atoms with van der Waals surface area (Å²) in [6.07, 6.45) is -5.81. The van der Waals surface area contributed by atoms with Crippen LogP contribution in [0, 0.1) is 6.92 Å². The molecule has 0 saturated carbocycles. The normalized spacial score (nSPS) is 10.8. The average Bonchev–Trinajstić information content (AvgIpc) is 2.37. The molecule has 5 nitrogen and oxygen atoms in total. The maximum absolute atomic E-state index is 11.9. The number of amides is 1. The quantitative estimate of drug-likeness (QED) is 0.870. The number of ether oxygens (including phenoxy) is 2. The SMILES string of the molecule is COC(=O)c1ccc(NC(=O)OCC(F)(F)F)c(C)c1. The molecule has 0 bridgehead atoms. The standard InChI is InChI=1S/C12H12F3NO4/c1-7-5-8(10(17)19-2)3-4-9(7)16-11(18)20-6-12(13,14)15/h3-5H,6H2,1-2H3,(H,16,18). The van der Waals surface area contributed by atoms with Gasteiger partial charge in [-0.1, -0.05) is 0 Å². The molecule has 0 aliphatic rings. The van der Waals surface area contributed by atoms with Gasteiger partial charge in [-0.15, -0.1) is 0 Å². The summed E-state index contributed by atoms with van der Waals surface area (Å²) in [5.41, 5.74) is 0.987. The van der Waals surface area contributed by atoms with Gasteiger partial charge in [0.05, 0.1) is 12.7 Å². The smallest absolute Gasteiger partial charge is 0.422 e. The summed E-state index contributed by atoms with van der Waals surface area (Å²) >= 11 is 0. The molecule has 0 saturated heterocycles. The Morgan fingerprint density at radius 3 is 2.45 bits per heavy atom. The summed E-state index contributed by atoms with van der Waals surface area (Å²) in [6, 6.07) is 4.18. The zero-order valence-corrected chi connectivity index (χ0v) is 10.7. The van der Waals surface area contributed by atoms with Crippen LogP contribution in [0.15, 0.2) is 18.2 Å². The van der Waals surface area contributed by atoms with Crippen molar-refractivity contribution in [2.75, 3.05) is 19.0 Å². The maximum atomic E-state index is 11.9. The average molecular weight is 291 g/mol. The maximum Gasteiger partial charge on any atom is 0.422 e. The van der Waals surface area contributed by atoms with Crippen LogP contribution in [0.5, 0.6) is 0 Å². The van der Waals surface area contributed by atoms with E-state index in [4.69, 9.17) is 0 Å². The molecule has 1 aromatic rings. The number of anilines is 1. The molecule has 110 valence electrons. The molecule has 0 radical (unpaired) electrons. The number of esters is 1. The number of nitrogens with one attached hydrogen (secondary N) is 1. The van der Waals surface area contributed by atoms with E-state index in [0.717, 1.165) is 0 Å². The van der Waals surface area contributed by atoms with Crippen molar-refractivity contribution in [3.8, 4) is 0 Å². The van der Waals surface area contributed by atoms with Crippen LogP contribution in [0.3, 0.4) is 0 Å². The number of alkyl halides is 3. The third-order valence-electron chi connectivity index (χ3n) is 2.25. The van der Waals surface area contributed by atoms with Crippen LogP contribution in [0.1, 0.15) is 15.9 Å². The molecule has 0 aliphatic carbocycles. The van der Waals surface area contributed by atoms with E-state index in [1.807, 2.05) is 0 Å². The Labute approximate surface area is 112 Å². The minimum atomic E-state index is -4.58. The molecule has 0 aliphatic heterocycles. The largest absolute Gasteiger partial charge is 0.465 e. The van der Waals surface area contributed by atoms with Crippen molar-refractivity contribution in [3.63, 3.8) is 0 Å². The summed E-state index contributed by atoms with van der Waals surface area (Å²) in [4.78, 5) is 22.4. The predicted octanol–water partition coefficient (Wildman–Crippen LogP) is 2.89. The van der Waals surface area contributed by atoms with Gasteiger partial charge < -0.3 is 9.47 Å². The van der Waals surface area contributed by atoms with Crippen molar-refractivity contribution in [3.05, 3.63) is 29.3 Å². The lowest BCUT2D eigenvalue weighted by Crippen LogP contribution is -2.23. The zero-order valence-electron chi connectivity index (χ0n) is 10.7. The van der Waals surface area contributed by atoms with Crippen molar-refractivity contribution in [2.45, 2.75) is 13.1 Å². The van der Waals surface area contributed by atoms with Crippen molar-refractivity contribution in [1.82, 2.24) is 0 Å². The number of benzene rings is 1. The Bertz CT molecular complexity index is 514. The van der Waals surface area contributed by atoms with E-state index < -0.39 is 24.8 Å². The third kappa shape index (κ3) is 4.79. The highest BCUT2D eigenvalue weighted by molar-refractivity contribution is 5.91. The number of hydrogen-bond acceptors (Lipinski definition) is 4. The molecule has 0 unspecified atom stereocenters. The van der Waals surface area contributed by atoms with Gasteiger partial charge in [0.15, 0.2) is 6.61 Å². The molecular formula is C12H12F3NO4. The predicted molar refractivity (Wildman–Crippen MR) is 63.5 cm³/mol. The van der Waals surface area contributed by atoms with Crippen molar-refractivity contribution in [2.24, 2.45) is 0 Å². The Morgan fingerprint density at radius 2 is 1.95 bits per heavy atom. The lowest BCUT2D eigenvalue weighted by molar-refractivity contribution is -0.159. The van der Waals surface area contributed by atoms with E-state index >= 15 is 0 Å². The Morgan fingerprint density at radius 1 is 1.30 bits per heavy atom. The van der Waals surface area contributed by atoms with Crippen LogP contribution in [-0.2, 0) is 9.47 Å². The second-order valence-corrected chi connectivity index (χ2v) is 3.84. The molecule has 20 heavy (non-hydrogen) atoms. The van der Waals surface area contributed by atoms with Gasteiger partial charge in [-0.3, -0.25) is 5.32 Å². The molecule has 1 amide bonds. The number of hydrogen-bond donors (Lipinski definition) is 1. The molecule has 1 N–H and O–H groups in total. The molecule has 0 heterocycles. The Kier molecular flexibility index (Phi) is 4.95. The van der Waals surface area contributed by atoms with Crippen LogP contribution < -0.4 is 5.32 Å². The van der Waals surface area contributed by atoms with Gasteiger partial charge in [-0.2, -0.15) is 13.2 Å². The van der Waals surface area contributed by atoms with Gasteiger partial charge in [0.1, 0.15) is 0 Å². The van der Waals surface area contributed by atoms with Gasteiger partial charge in [0.2, 0.25) is 0 Å². The number of carbonyl (C=O) groups is 2. The first-order valence-corrected chi connectivity index (χ1v) is 5.42. The number of aryl methyl sites for hydroxylation is 1. The van der Waals surface area contributed by atoms with Crippen LogP contribution in [0.2, 0.25) is 0 Å². The molecule has 1 rings (SSSR count). The summed E-state index contributed by atoms with van der Waals surface area (Å²) in [6.45, 7) is -0.0933. The van der Waals surface area contributed by atoms with Gasteiger partial charge in [-0.05, 0) is 30.7 Å². The Hall–Kier alpha value is -2.25.